The van der Waals surface area contributed by atoms with E-state index in [0.717, 1.165) is 19.3 Å². The van der Waals surface area contributed by atoms with Crippen molar-refractivity contribution < 1.29 is 13.2 Å². The summed E-state index contributed by atoms with van der Waals surface area (Å²) >= 11 is 5.68. The van der Waals surface area contributed by atoms with Crippen LogP contribution < -0.4 is 10.3 Å². The number of carbonyl (C=O) groups excluding carboxylic acids is 1. The van der Waals surface area contributed by atoms with Crippen LogP contribution in [0.25, 0.3) is 0 Å². The molecule has 0 fully saturated rings. The Bertz CT molecular complexity index is 514. The van der Waals surface area contributed by atoms with Crippen molar-refractivity contribution in [1.29, 1.82) is 0 Å². The summed E-state index contributed by atoms with van der Waals surface area (Å²) in [6.07, 6.45) is 2.99. The average molecular weight is 305 g/mol. The molecule has 19 heavy (non-hydrogen) atoms. The maximum Gasteiger partial charge on any atom is 0.257 e. The highest BCUT2D eigenvalue weighted by Gasteiger charge is 2.14. The van der Waals surface area contributed by atoms with Gasteiger partial charge in [-0.2, -0.15) is 0 Å². The van der Waals surface area contributed by atoms with E-state index >= 15 is 0 Å². The molecule has 0 saturated carbocycles. The first-order chi connectivity index (χ1) is 8.95. The maximum atomic E-state index is 11.8. The Kier molecular flexibility index (Phi) is 6.27. The summed E-state index contributed by atoms with van der Waals surface area (Å²) in [5, 5.41) is 0.447. The zero-order chi connectivity index (χ0) is 14.3. The summed E-state index contributed by atoms with van der Waals surface area (Å²) in [5.74, 6) is -0.342. The Balaban J connectivity index is 2.51. The van der Waals surface area contributed by atoms with Crippen molar-refractivity contribution in [2.75, 3.05) is 0 Å². The van der Waals surface area contributed by atoms with Crippen LogP contribution in [-0.2, 0) is 14.8 Å². The van der Waals surface area contributed by atoms with Crippen molar-refractivity contribution in [2.24, 2.45) is 0 Å². The van der Waals surface area contributed by atoms with Crippen LogP contribution in [0.5, 0.6) is 0 Å². The van der Waals surface area contributed by atoms with Crippen LogP contribution in [0.3, 0.4) is 0 Å². The summed E-state index contributed by atoms with van der Waals surface area (Å²) in [4.78, 5) is 13.5. The normalized spacial score (nSPS) is 11.3. The number of sulfonamides is 1. The number of amides is 1. The van der Waals surface area contributed by atoms with E-state index in [1.54, 1.807) is 0 Å². The lowest BCUT2D eigenvalue weighted by Gasteiger charge is -2.08. The van der Waals surface area contributed by atoms with E-state index in [-0.39, 0.29) is 10.8 Å². The van der Waals surface area contributed by atoms with Gasteiger partial charge in [-0.3, -0.25) is 10.2 Å². The monoisotopic (exact) mass is 304 g/mol. The molecular weight excluding hydrogens is 288 g/mol. The quantitative estimate of drug-likeness (QED) is 0.599. The van der Waals surface area contributed by atoms with Crippen LogP contribution >= 0.6 is 11.6 Å². The van der Waals surface area contributed by atoms with E-state index in [9.17, 15) is 13.2 Å². The molecular formula is C12H17ClN2O3S. The number of rotatable bonds is 7. The molecule has 106 valence electrons. The lowest BCUT2D eigenvalue weighted by Crippen LogP contribution is -2.41. The Morgan fingerprint density at radius 2 is 1.84 bits per heavy atom. The standard InChI is InChI=1S/C12H17ClN2O3S/c1-2-3-4-5-12(16)14-15-19(17,18)11-8-6-10(13)7-9-11/h6-9,15H,2-5H2,1H3,(H,14,16). The number of benzene rings is 1. The first-order valence-electron chi connectivity index (χ1n) is 6.02. The Morgan fingerprint density at radius 3 is 2.42 bits per heavy atom. The molecule has 2 N–H and O–H groups in total. The molecule has 0 aliphatic heterocycles. The second-order valence-corrected chi connectivity index (χ2v) is 6.18. The van der Waals surface area contributed by atoms with E-state index < -0.39 is 10.0 Å². The first kappa shape index (κ1) is 15.9. The van der Waals surface area contributed by atoms with Gasteiger partial charge in [0.1, 0.15) is 0 Å². The summed E-state index contributed by atoms with van der Waals surface area (Å²) < 4.78 is 23.6. The van der Waals surface area contributed by atoms with Crippen molar-refractivity contribution >= 4 is 27.5 Å². The number of hydrogen-bond donors (Lipinski definition) is 2. The molecule has 0 saturated heterocycles. The minimum Gasteiger partial charge on any atom is -0.278 e. The van der Waals surface area contributed by atoms with Crippen LogP contribution in [0.2, 0.25) is 5.02 Å². The highest BCUT2D eigenvalue weighted by atomic mass is 35.5. The Morgan fingerprint density at radius 1 is 1.21 bits per heavy atom. The third-order valence-electron chi connectivity index (χ3n) is 2.46. The van der Waals surface area contributed by atoms with Gasteiger partial charge in [-0.1, -0.05) is 31.4 Å². The second kappa shape index (κ2) is 7.47. The fourth-order valence-corrected chi connectivity index (χ4v) is 2.38. The Labute approximate surface area is 118 Å². The number of hydrazine groups is 1. The van der Waals surface area contributed by atoms with Crippen molar-refractivity contribution in [3.8, 4) is 0 Å². The average Bonchev–Trinajstić information content (AvgIpc) is 2.37. The van der Waals surface area contributed by atoms with Crippen LogP contribution in [-0.4, -0.2) is 14.3 Å². The summed E-state index contributed by atoms with van der Waals surface area (Å²) in [5.41, 5.74) is 2.19. The fraction of sp³-hybridized carbons (Fsp3) is 0.417. The van der Waals surface area contributed by atoms with Crippen LogP contribution in [0.15, 0.2) is 29.2 Å². The molecule has 0 aliphatic rings. The number of unbranched alkanes of at least 4 members (excludes halogenated alkanes) is 2. The minimum absolute atomic E-state index is 0.0470. The van der Waals surface area contributed by atoms with Gasteiger partial charge in [0.15, 0.2) is 0 Å². The van der Waals surface area contributed by atoms with E-state index in [2.05, 4.69) is 10.3 Å². The number of nitrogens with one attached hydrogen (secondary N) is 2. The van der Waals surface area contributed by atoms with Gasteiger partial charge in [0, 0.05) is 11.4 Å². The summed E-state index contributed by atoms with van der Waals surface area (Å²) in [6.45, 7) is 2.03. The predicted molar refractivity (Wildman–Crippen MR) is 74.1 cm³/mol. The zero-order valence-electron chi connectivity index (χ0n) is 10.6. The van der Waals surface area contributed by atoms with E-state index in [1.807, 2.05) is 6.92 Å². The van der Waals surface area contributed by atoms with Crippen molar-refractivity contribution in [3.05, 3.63) is 29.3 Å². The highest BCUT2D eigenvalue weighted by molar-refractivity contribution is 7.89. The van der Waals surface area contributed by atoms with Gasteiger partial charge >= 0.3 is 0 Å². The molecule has 7 heteroatoms. The maximum absolute atomic E-state index is 11.8. The third-order valence-corrected chi connectivity index (χ3v) is 3.97. The van der Waals surface area contributed by atoms with Gasteiger partial charge in [-0.05, 0) is 30.7 Å². The lowest BCUT2D eigenvalue weighted by atomic mass is 10.2. The van der Waals surface area contributed by atoms with Crippen molar-refractivity contribution in [2.45, 2.75) is 37.5 Å². The second-order valence-electron chi connectivity index (χ2n) is 4.06. The molecule has 1 aromatic rings. The molecule has 5 nitrogen and oxygen atoms in total. The van der Waals surface area contributed by atoms with E-state index in [4.69, 9.17) is 11.6 Å². The van der Waals surface area contributed by atoms with E-state index in [1.165, 1.54) is 24.3 Å². The van der Waals surface area contributed by atoms with Crippen LogP contribution in [0.1, 0.15) is 32.6 Å². The molecule has 0 aromatic heterocycles. The van der Waals surface area contributed by atoms with E-state index in [0.29, 0.717) is 11.4 Å². The SMILES string of the molecule is CCCCCC(=O)NNS(=O)(=O)c1ccc(Cl)cc1. The number of carbonyl (C=O) groups is 1. The minimum atomic E-state index is -3.74. The third kappa shape index (κ3) is 5.59. The summed E-state index contributed by atoms with van der Waals surface area (Å²) in [7, 11) is -3.74. The summed E-state index contributed by atoms with van der Waals surface area (Å²) in [6, 6.07) is 5.68. The highest BCUT2D eigenvalue weighted by Crippen LogP contribution is 2.13. The van der Waals surface area contributed by atoms with Gasteiger partial charge in [-0.25, -0.2) is 8.42 Å². The smallest absolute Gasteiger partial charge is 0.257 e. The Hall–Kier alpha value is -1.11. The molecule has 0 spiro atoms. The van der Waals surface area contributed by atoms with Crippen molar-refractivity contribution in [3.63, 3.8) is 0 Å². The van der Waals surface area contributed by atoms with Gasteiger partial charge in [0.05, 0.1) is 4.90 Å². The molecule has 0 atom stereocenters. The molecule has 0 unspecified atom stereocenters. The van der Waals surface area contributed by atoms with Gasteiger partial charge in [-0.15, -0.1) is 4.83 Å². The molecule has 1 rings (SSSR count). The topological polar surface area (TPSA) is 75.3 Å². The lowest BCUT2D eigenvalue weighted by molar-refractivity contribution is -0.121. The predicted octanol–water partition coefficient (Wildman–Crippen LogP) is 2.23. The van der Waals surface area contributed by atoms with Crippen LogP contribution in [0, 0.1) is 0 Å². The van der Waals surface area contributed by atoms with Gasteiger partial charge < -0.3 is 0 Å². The molecule has 0 radical (unpaired) electrons. The van der Waals surface area contributed by atoms with Gasteiger partial charge in [0.2, 0.25) is 5.91 Å². The molecule has 1 amide bonds. The van der Waals surface area contributed by atoms with Crippen molar-refractivity contribution in [1.82, 2.24) is 10.3 Å². The van der Waals surface area contributed by atoms with Crippen LogP contribution in [0.4, 0.5) is 0 Å². The molecule has 0 aliphatic carbocycles. The number of halogens is 1. The zero-order valence-corrected chi connectivity index (χ0v) is 12.2. The molecule has 0 heterocycles. The molecule has 0 bridgehead atoms. The number of hydrogen-bond acceptors (Lipinski definition) is 3. The fourth-order valence-electron chi connectivity index (χ4n) is 1.39. The molecule has 1 aromatic carbocycles. The van der Waals surface area contributed by atoms with Gasteiger partial charge in [0.25, 0.3) is 10.0 Å². The first-order valence-corrected chi connectivity index (χ1v) is 7.88. The largest absolute Gasteiger partial charge is 0.278 e.